The van der Waals surface area contributed by atoms with Crippen molar-refractivity contribution in [2.24, 2.45) is 5.92 Å². The number of ether oxygens (including phenoxy) is 1. The van der Waals surface area contributed by atoms with Crippen molar-refractivity contribution in [2.75, 3.05) is 6.61 Å². The quantitative estimate of drug-likeness (QED) is 0.354. The number of benzene rings is 1. The Balaban J connectivity index is -0.000000169. The van der Waals surface area contributed by atoms with E-state index in [4.69, 9.17) is 4.74 Å². The van der Waals surface area contributed by atoms with E-state index in [2.05, 4.69) is 24.3 Å². The number of hydrogen-bond donors (Lipinski definition) is 0. The molecule has 1 aromatic carbocycles. The summed E-state index contributed by atoms with van der Waals surface area (Å²) < 4.78 is 123. The second-order valence-corrected chi connectivity index (χ2v) is 5.25. The Bertz CT molecular complexity index is 453. The maximum Gasteiger partial charge on any atom is 1.00 e. The molecule has 1 nitrogen and oxygen atoms in total. The van der Waals surface area contributed by atoms with Crippen LogP contribution in [0.1, 0.15) is 26.3 Å². The minimum absolute atomic E-state index is 0. The van der Waals surface area contributed by atoms with Gasteiger partial charge < -0.3 is 58.0 Å². The molecule has 2 rings (SSSR count). The van der Waals surface area contributed by atoms with Gasteiger partial charge in [-0.05, 0) is 17.9 Å². The Morgan fingerprint density at radius 3 is 1.38 bits per heavy atom. The fourth-order valence-electron chi connectivity index (χ4n) is 1.42. The smallest absolute Gasteiger partial charge is 1.00 e. The maximum absolute atomic E-state index is 9.75. The van der Waals surface area contributed by atoms with Gasteiger partial charge in [-0.3, -0.25) is 0 Å². The fraction of sp³-hybridized carbons (Fsp3) is 0.500. The van der Waals surface area contributed by atoms with Crippen molar-refractivity contribution in [3.8, 4) is 0 Å². The normalized spacial score (nSPS) is 13.4. The van der Waals surface area contributed by atoms with Gasteiger partial charge in [-0.2, -0.15) is 0 Å². The zero-order valence-electron chi connectivity index (χ0n) is 16.2. The molecule has 0 spiro atoms. The minimum Gasteiger partial charge on any atom is -1.00 e. The van der Waals surface area contributed by atoms with Gasteiger partial charge in [0.25, 0.3) is 0 Å². The van der Waals surface area contributed by atoms with E-state index in [-0.39, 0.29) is 52.8 Å². The molecule has 1 fully saturated rings. The molecule has 1 aliphatic carbocycles. The van der Waals surface area contributed by atoms with Crippen LogP contribution >= 0.6 is 0 Å². The van der Waals surface area contributed by atoms with Gasteiger partial charge in [0.2, 0.25) is 0 Å². The second kappa shape index (κ2) is 16.8. The maximum atomic E-state index is 9.75. The summed E-state index contributed by atoms with van der Waals surface area (Å²) >= 11 is 0. The molecular formula is C12H17B3F12KO-3. The first-order valence-electron chi connectivity index (χ1n) is 7.68. The summed E-state index contributed by atoms with van der Waals surface area (Å²) in [5.41, 5.74) is 1.28. The molecule has 1 aromatic rings. The molecule has 168 valence electrons. The molecule has 0 aromatic heterocycles. The first kappa shape index (κ1) is 33.8. The first-order valence-corrected chi connectivity index (χ1v) is 7.68. The van der Waals surface area contributed by atoms with E-state index in [1.54, 1.807) is 0 Å². The van der Waals surface area contributed by atoms with Crippen LogP contribution in [0.4, 0.5) is 51.8 Å². The number of hydrogen-bond acceptors (Lipinski definition) is 1. The summed E-state index contributed by atoms with van der Waals surface area (Å²) in [5, 5.41) is 0. The largest absolute Gasteiger partial charge is 1.00 e. The van der Waals surface area contributed by atoms with Gasteiger partial charge in [0.05, 0.1) is 6.61 Å². The summed E-state index contributed by atoms with van der Waals surface area (Å²) in [6.45, 7) is 1.70. The third-order valence-corrected chi connectivity index (χ3v) is 2.48. The summed E-state index contributed by atoms with van der Waals surface area (Å²) in [6, 6.07) is 10.4. The minimum atomic E-state index is -6.00. The summed E-state index contributed by atoms with van der Waals surface area (Å²) in [5.74, 6) is 0.982. The van der Waals surface area contributed by atoms with Crippen LogP contribution in [0.3, 0.4) is 0 Å². The molecule has 0 atom stereocenters. The van der Waals surface area contributed by atoms with Gasteiger partial charge in [0.1, 0.15) is 0 Å². The van der Waals surface area contributed by atoms with Gasteiger partial charge in [0.15, 0.2) is 0 Å². The van der Waals surface area contributed by atoms with Crippen LogP contribution < -0.4 is 51.4 Å². The molecule has 1 aliphatic rings. The predicted molar refractivity (Wildman–Crippen MR) is 85.1 cm³/mol. The van der Waals surface area contributed by atoms with Crippen LogP contribution in [0.5, 0.6) is 0 Å². The van der Waals surface area contributed by atoms with E-state index in [0.29, 0.717) is 0 Å². The zero-order chi connectivity index (χ0) is 22.4. The van der Waals surface area contributed by atoms with E-state index in [9.17, 15) is 51.8 Å². The van der Waals surface area contributed by atoms with E-state index >= 15 is 0 Å². The van der Waals surface area contributed by atoms with Crippen LogP contribution in [0.25, 0.3) is 0 Å². The third kappa shape index (κ3) is 58.4. The van der Waals surface area contributed by atoms with Crippen LogP contribution in [-0.4, -0.2) is 28.4 Å². The molecule has 0 heterocycles. The molecule has 0 bridgehead atoms. The van der Waals surface area contributed by atoms with E-state index in [1.165, 1.54) is 24.8 Å². The predicted octanol–water partition coefficient (Wildman–Crippen LogP) is 4.02. The Morgan fingerprint density at radius 1 is 0.724 bits per heavy atom. The van der Waals surface area contributed by atoms with Crippen LogP contribution in [0.15, 0.2) is 30.3 Å². The van der Waals surface area contributed by atoms with E-state index < -0.39 is 21.8 Å². The third-order valence-electron chi connectivity index (χ3n) is 2.48. The molecular weight excluding hydrogens is 460 g/mol. The average molecular weight is 477 g/mol. The van der Waals surface area contributed by atoms with Crippen molar-refractivity contribution < 1.29 is 109 Å². The molecule has 0 aliphatic heterocycles. The summed E-state index contributed by atoms with van der Waals surface area (Å²) in [6.07, 6.45) is 4.11. The SMILES string of the molecule is F[B-](F)(F)F.F[B-](F)(F)F.F[B-](F)(F)F.[H-].[K+].c1ccc(COCCC2CC2)cc1. The number of rotatable bonds is 5. The van der Waals surface area contributed by atoms with Crippen LogP contribution in [0, 0.1) is 5.92 Å². The first-order chi connectivity index (χ1) is 12.4. The molecule has 1 saturated carbocycles. The van der Waals surface area contributed by atoms with Crippen molar-refractivity contribution >= 4 is 21.8 Å². The molecule has 0 saturated heterocycles. The standard InChI is InChI=1S/C12H16O.3BF4.K.H/c1-2-4-12(5-3-1)10-13-9-8-11-6-7-11;3*2-1(3,4)5;;/h1-5,11H,6-10H2;;;;;/q;3*-1;+1;-1. The van der Waals surface area contributed by atoms with E-state index in [0.717, 1.165) is 19.1 Å². The molecule has 17 heteroatoms. The van der Waals surface area contributed by atoms with Gasteiger partial charge in [0, 0.05) is 6.61 Å². The van der Waals surface area contributed by atoms with Crippen molar-refractivity contribution in [3.05, 3.63) is 35.9 Å². The molecule has 0 unspecified atom stereocenters. The van der Waals surface area contributed by atoms with Crippen molar-refractivity contribution in [2.45, 2.75) is 25.9 Å². The van der Waals surface area contributed by atoms with Crippen molar-refractivity contribution in [1.82, 2.24) is 0 Å². The van der Waals surface area contributed by atoms with Gasteiger partial charge >= 0.3 is 73.1 Å². The number of halogens is 12. The monoisotopic (exact) mass is 477 g/mol. The van der Waals surface area contributed by atoms with Gasteiger partial charge in [-0.1, -0.05) is 43.2 Å². The molecule has 0 N–H and O–H groups in total. The average Bonchev–Trinajstić information content (AvgIpc) is 3.23. The van der Waals surface area contributed by atoms with Crippen LogP contribution in [0.2, 0.25) is 0 Å². The Hall–Kier alpha value is 0.171. The van der Waals surface area contributed by atoms with E-state index in [1.807, 2.05) is 6.07 Å². The van der Waals surface area contributed by atoms with Gasteiger partial charge in [-0.15, -0.1) is 0 Å². The van der Waals surface area contributed by atoms with Gasteiger partial charge in [-0.25, -0.2) is 0 Å². The summed E-state index contributed by atoms with van der Waals surface area (Å²) in [7, 11) is -18.0. The molecule has 0 radical (unpaired) electrons. The molecule has 29 heavy (non-hydrogen) atoms. The fourth-order valence-corrected chi connectivity index (χ4v) is 1.42. The summed E-state index contributed by atoms with van der Waals surface area (Å²) in [4.78, 5) is 0. The Labute approximate surface area is 204 Å². The van der Waals surface area contributed by atoms with Crippen molar-refractivity contribution in [3.63, 3.8) is 0 Å². The topological polar surface area (TPSA) is 9.23 Å². The molecule has 0 amide bonds. The van der Waals surface area contributed by atoms with Crippen LogP contribution in [-0.2, 0) is 11.3 Å². The Kier molecular flexibility index (Phi) is 19.6. The zero-order valence-corrected chi connectivity index (χ0v) is 18.3. The Morgan fingerprint density at radius 2 is 1.07 bits per heavy atom. The van der Waals surface area contributed by atoms with Crippen molar-refractivity contribution in [1.29, 1.82) is 0 Å². The second-order valence-electron chi connectivity index (χ2n) is 5.25.